The number of aryl methyl sites for hydroxylation is 1. The van der Waals surface area contributed by atoms with E-state index >= 15 is 0 Å². The molecule has 1 rings (SSSR count). The van der Waals surface area contributed by atoms with Crippen LogP contribution in [0, 0.1) is 6.92 Å². The topological polar surface area (TPSA) is 24.7 Å². The SMILES string of the molecule is C=NC=N/C=C(\C)Cc1ccc(C(C)(C)C(=C)C)c(C)c1. The molecule has 0 amide bonds. The quantitative estimate of drug-likeness (QED) is 0.397. The lowest BCUT2D eigenvalue weighted by Crippen LogP contribution is -2.19. The second-order valence-electron chi connectivity index (χ2n) is 6.15. The van der Waals surface area contributed by atoms with E-state index in [0.717, 1.165) is 6.42 Å². The Bertz CT molecular complexity index is 590. The number of hydrogen-bond acceptors (Lipinski definition) is 1. The van der Waals surface area contributed by atoms with Gasteiger partial charge >= 0.3 is 0 Å². The summed E-state index contributed by atoms with van der Waals surface area (Å²) in [6, 6.07) is 6.67. The third kappa shape index (κ3) is 4.52. The fourth-order valence-corrected chi connectivity index (χ4v) is 2.34. The highest BCUT2D eigenvalue weighted by Crippen LogP contribution is 2.32. The summed E-state index contributed by atoms with van der Waals surface area (Å²) in [5.41, 5.74) is 6.33. The van der Waals surface area contributed by atoms with E-state index in [1.807, 2.05) is 6.20 Å². The van der Waals surface area contributed by atoms with Crippen molar-refractivity contribution in [3.05, 3.63) is 58.8 Å². The van der Waals surface area contributed by atoms with Gasteiger partial charge in [-0.05, 0) is 50.6 Å². The molecule has 1 aromatic rings. The number of allylic oxidation sites excluding steroid dienone is 2. The van der Waals surface area contributed by atoms with Crippen molar-refractivity contribution < 1.29 is 0 Å². The van der Waals surface area contributed by atoms with Gasteiger partial charge in [-0.25, -0.2) is 4.99 Å². The van der Waals surface area contributed by atoms with Gasteiger partial charge in [0.05, 0.1) is 0 Å². The number of benzene rings is 1. The van der Waals surface area contributed by atoms with Crippen molar-refractivity contribution in [2.75, 3.05) is 0 Å². The molecule has 0 unspecified atom stereocenters. The van der Waals surface area contributed by atoms with Crippen LogP contribution in [0.15, 0.2) is 52.1 Å². The molecule has 0 heterocycles. The summed E-state index contributed by atoms with van der Waals surface area (Å²) in [6.07, 6.45) is 4.17. The molecule has 0 aliphatic carbocycles. The van der Waals surface area contributed by atoms with Crippen LogP contribution >= 0.6 is 0 Å². The molecule has 0 saturated heterocycles. The average molecular weight is 282 g/mol. The lowest BCUT2D eigenvalue weighted by Gasteiger charge is -2.28. The predicted molar refractivity (Wildman–Crippen MR) is 94.5 cm³/mol. The Hall–Kier alpha value is -1.96. The largest absolute Gasteiger partial charge is 0.253 e. The molecule has 0 aromatic heterocycles. The van der Waals surface area contributed by atoms with E-state index in [1.54, 1.807) is 0 Å². The smallest absolute Gasteiger partial charge is 0.114 e. The molecule has 0 aliphatic rings. The first kappa shape index (κ1) is 17.1. The van der Waals surface area contributed by atoms with E-state index in [4.69, 9.17) is 0 Å². The minimum atomic E-state index is 0.00736. The monoisotopic (exact) mass is 282 g/mol. The van der Waals surface area contributed by atoms with Crippen molar-refractivity contribution in [2.45, 2.75) is 46.5 Å². The van der Waals surface area contributed by atoms with E-state index in [1.165, 1.54) is 34.2 Å². The summed E-state index contributed by atoms with van der Waals surface area (Å²) < 4.78 is 0. The zero-order valence-electron chi connectivity index (χ0n) is 13.9. The lowest BCUT2D eigenvalue weighted by atomic mass is 9.76. The summed E-state index contributed by atoms with van der Waals surface area (Å²) >= 11 is 0. The molecule has 112 valence electrons. The fourth-order valence-electron chi connectivity index (χ4n) is 2.34. The lowest BCUT2D eigenvalue weighted by molar-refractivity contribution is 0.621. The van der Waals surface area contributed by atoms with Crippen LogP contribution in [0.5, 0.6) is 0 Å². The zero-order chi connectivity index (χ0) is 16.0. The van der Waals surface area contributed by atoms with Crippen LogP contribution in [0.1, 0.15) is 44.4 Å². The van der Waals surface area contributed by atoms with Crippen molar-refractivity contribution in [1.29, 1.82) is 0 Å². The summed E-state index contributed by atoms with van der Waals surface area (Å²) in [5.74, 6) is 0. The molecule has 0 atom stereocenters. The molecule has 0 fully saturated rings. The van der Waals surface area contributed by atoms with Gasteiger partial charge in [0.25, 0.3) is 0 Å². The maximum Gasteiger partial charge on any atom is 0.114 e. The Balaban J connectivity index is 2.98. The molecule has 2 heteroatoms. The molecule has 0 radical (unpaired) electrons. The maximum absolute atomic E-state index is 4.12. The Kier molecular flexibility index (Phi) is 5.83. The van der Waals surface area contributed by atoms with Crippen molar-refractivity contribution in [2.24, 2.45) is 9.98 Å². The van der Waals surface area contributed by atoms with Gasteiger partial charge in [0.2, 0.25) is 0 Å². The van der Waals surface area contributed by atoms with Crippen molar-refractivity contribution in [3.63, 3.8) is 0 Å². The average Bonchev–Trinajstić information content (AvgIpc) is 2.38. The fraction of sp³-hybridized carbons (Fsp3) is 0.368. The van der Waals surface area contributed by atoms with Crippen molar-refractivity contribution in [3.8, 4) is 0 Å². The first-order valence-corrected chi connectivity index (χ1v) is 7.18. The third-order valence-electron chi connectivity index (χ3n) is 3.96. The van der Waals surface area contributed by atoms with Gasteiger partial charge in [0.15, 0.2) is 0 Å². The molecular formula is C19H26N2. The molecule has 2 nitrogen and oxygen atoms in total. The van der Waals surface area contributed by atoms with Crippen molar-refractivity contribution in [1.82, 2.24) is 0 Å². The highest BCUT2D eigenvalue weighted by Gasteiger charge is 2.23. The van der Waals surface area contributed by atoms with Crippen LogP contribution in [0.4, 0.5) is 0 Å². The number of rotatable bonds is 6. The Morgan fingerprint density at radius 3 is 2.48 bits per heavy atom. The molecule has 21 heavy (non-hydrogen) atoms. The third-order valence-corrected chi connectivity index (χ3v) is 3.96. The summed E-state index contributed by atoms with van der Waals surface area (Å²) in [4.78, 5) is 7.65. The van der Waals surface area contributed by atoms with Gasteiger partial charge in [0, 0.05) is 11.6 Å². The molecule has 0 bridgehead atoms. The van der Waals surface area contributed by atoms with E-state index in [2.05, 4.69) is 76.1 Å². The van der Waals surface area contributed by atoms with E-state index < -0.39 is 0 Å². The van der Waals surface area contributed by atoms with Gasteiger partial charge in [0.1, 0.15) is 6.34 Å². The minimum Gasteiger partial charge on any atom is -0.253 e. The Labute approximate surface area is 129 Å². The normalized spacial score (nSPS) is 12.7. The number of nitrogens with zero attached hydrogens (tertiary/aromatic N) is 2. The van der Waals surface area contributed by atoms with Crippen LogP contribution in [-0.2, 0) is 11.8 Å². The van der Waals surface area contributed by atoms with E-state index in [-0.39, 0.29) is 5.41 Å². The van der Waals surface area contributed by atoms with Crippen LogP contribution in [0.3, 0.4) is 0 Å². The van der Waals surface area contributed by atoms with Crippen molar-refractivity contribution >= 4 is 13.1 Å². The Morgan fingerprint density at radius 1 is 1.29 bits per heavy atom. The summed E-state index contributed by atoms with van der Waals surface area (Å²) in [6.45, 7) is 18.3. The number of hydrogen-bond donors (Lipinski definition) is 0. The minimum absolute atomic E-state index is 0.00736. The molecule has 0 N–H and O–H groups in total. The number of aliphatic imine (C=N–C) groups is 2. The molecule has 1 aromatic carbocycles. The van der Waals surface area contributed by atoms with E-state index in [0.29, 0.717) is 0 Å². The van der Waals surface area contributed by atoms with Crippen LogP contribution < -0.4 is 0 Å². The Morgan fingerprint density at radius 2 is 1.95 bits per heavy atom. The zero-order valence-corrected chi connectivity index (χ0v) is 13.9. The first-order chi connectivity index (χ1) is 9.78. The molecular weight excluding hydrogens is 256 g/mol. The molecule has 0 saturated carbocycles. The molecule has 0 aliphatic heterocycles. The standard InChI is InChI=1S/C19H26N2/c1-14(2)19(5,6)18-9-8-17(11-16(18)4)10-15(3)12-21-13-20-7/h8-9,11-13H,1,7,10H2,2-6H3/b15-12+,21-13?. The van der Waals surface area contributed by atoms with Gasteiger partial charge in [-0.3, -0.25) is 4.99 Å². The van der Waals surface area contributed by atoms with Gasteiger partial charge in [-0.1, -0.05) is 49.8 Å². The van der Waals surface area contributed by atoms with Crippen LogP contribution in [0.2, 0.25) is 0 Å². The van der Waals surface area contributed by atoms with Gasteiger partial charge in [-0.15, -0.1) is 0 Å². The summed E-state index contributed by atoms with van der Waals surface area (Å²) in [5, 5.41) is 0. The maximum atomic E-state index is 4.12. The van der Waals surface area contributed by atoms with Crippen LogP contribution in [0.25, 0.3) is 0 Å². The second-order valence-corrected chi connectivity index (χ2v) is 6.15. The summed E-state index contributed by atoms with van der Waals surface area (Å²) in [7, 11) is 0. The van der Waals surface area contributed by atoms with Gasteiger partial charge < -0.3 is 0 Å². The van der Waals surface area contributed by atoms with E-state index in [9.17, 15) is 0 Å². The predicted octanol–water partition coefficient (Wildman–Crippen LogP) is 5.02. The second kappa shape index (κ2) is 7.16. The highest BCUT2D eigenvalue weighted by atomic mass is 14.8. The van der Waals surface area contributed by atoms with Gasteiger partial charge in [-0.2, -0.15) is 0 Å². The highest BCUT2D eigenvalue weighted by molar-refractivity contribution is 5.62. The molecule has 0 spiro atoms. The first-order valence-electron chi connectivity index (χ1n) is 7.18. The van der Waals surface area contributed by atoms with Crippen LogP contribution in [-0.4, -0.2) is 13.1 Å².